The summed E-state index contributed by atoms with van der Waals surface area (Å²) < 4.78 is 0. The van der Waals surface area contributed by atoms with Crippen molar-refractivity contribution in [2.75, 3.05) is 12.8 Å². The minimum atomic E-state index is -0.670. The van der Waals surface area contributed by atoms with Crippen molar-refractivity contribution in [3.63, 3.8) is 0 Å². The van der Waals surface area contributed by atoms with Gasteiger partial charge in [-0.1, -0.05) is 13.3 Å². The van der Waals surface area contributed by atoms with Gasteiger partial charge in [0, 0.05) is 6.54 Å². The highest BCUT2D eigenvalue weighted by molar-refractivity contribution is 7.99. The van der Waals surface area contributed by atoms with Gasteiger partial charge in [0.15, 0.2) is 5.50 Å². The third-order valence-corrected chi connectivity index (χ3v) is 3.16. The molecule has 7 nitrogen and oxygen atoms in total. The van der Waals surface area contributed by atoms with Gasteiger partial charge in [-0.25, -0.2) is 25.4 Å². The Bertz CT molecular complexity index is 288. The maximum absolute atomic E-state index is 11.8. The van der Waals surface area contributed by atoms with Gasteiger partial charge in [-0.05, 0) is 12.7 Å². The first-order valence-electron chi connectivity index (χ1n) is 5.01. The van der Waals surface area contributed by atoms with Crippen LogP contribution in [0.2, 0.25) is 0 Å². The van der Waals surface area contributed by atoms with Gasteiger partial charge in [-0.15, -0.1) is 11.8 Å². The van der Waals surface area contributed by atoms with Gasteiger partial charge < -0.3 is 5.73 Å². The number of nitrogens with two attached hydrogens (primary N) is 2. The molecule has 16 heavy (non-hydrogen) atoms. The third kappa shape index (κ3) is 2.17. The van der Waals surface area contributed by atoms with Crippen molar-refractivity contribution in [1.29, 1.82) is 0 Å². The molecule has 1 rings (SSSR count). The lowest BCUT2D eigenvalue weighted by molar-refractivity contribution is 0.0765. The molecule has 8 heteroatoms. The molecule has 0 radical (unpaired) electrons. The summed E-state index contributed by atoms with van der Waals surface area (Å²) >= 11 is 1.28. The second-order valence-corrected chi connectivity index (χ2v) is 4.30. The number of amides is 4. The van der Waals surface area contributed by atoms with E-state index >= 15 is 0 Å². The number of carbonyl (C=O) groups excluding carboxylic acids is 2. The van der Waals surface area contributed by atoms with E-state index in [1.165, 1.54) is 21.8 Å². The lowest BCUT2D eigenvalue weighted by Crippen LogP contribution is -2.49. The number of carbonyl (C=O) groups is 2. The van der Waals surface area contributed by atoms with Crippen LogP contribution in [0.1, 0.15) is 19.8 Å². The summed E-state index contributed by atoms with van der Waals surface area (Å²) in [7, 11) is 0. The van der Waals surface area contributed by atoms with E-state index in [-0.39, 0.29) is 0 Å². The van der Waals surface area contributed by atoms with E-state index in [9.17, 15) is 9.59 Å². The highest BCUT2D eigenvalue weighted by atomic mass is 32.2. The largest absolute Gasteiger partial charge is 0.355 e. The molecule has 92 valence electrons. The van der Waals surface area contributed by atoms with Gasteiger partial charge in [0.2, 0.25) is 0 Å². The lowest BCUT2D eigenvalue weighted by atomic mass is 10.3. The zero-order valence-corrected chi connectivity index (χ0v) is 10.2. The maximum atomic E-state index is 11.8. The fourth-order valence-corrected chi connectivity index (χ4v) is 2.24. The van der Waals surface area contributed by atoms with Crippen LogP contribution in [0, 0.1) is 0 Å². The molecule has 1 heterocycles. The molecule has 1 unspecified atom stereocenters. The quantitative estimate of drug-likeness (QED) is 0.553. The van der Waals surface area contributed by atoms with Gasteiger partial charge in [0.1, 0.15) is 0 Å². The average molecular weight is 247 g/mol. The van der Waals surface area contributed by atoms with Crippen LogP contribution >= 0.6 is 11.8 Å². The zero-order chi connectivity index (χ0) is 12.3. The molecule has 0 aliphatic carbocycles. The Labute approximate surface area is 98.6 Å². The second-order valence-electron chi connectivity index (χ2n) is 3.41. The standard InChI is InChI=1S/C8H17N5O2S/c1-3-4-5-11-7(15)12(10)8(16-2)13(11)6(9)14/h8H,3-5,10H2,1-2H3,(H2,9,14). The zero-order valence-electron chi connectivity index (χ0n) is 9.42. The molecule has 0 aromatic carbocycles. The van der Waals surface area contributed by atoms with Gasteiger partial charge in [-0.3, -0.25) is 0 Å². The van der Waals surface area contributed by atoms with Crippen LogP contribution < -0.4 is 11.6 Å². The molecular formula is C8H17N5O2S. The van der Waals surface area contributed by atoms with Crippen molar-refractivity contribution in [3.05, 3.63) is 0 Å². The Morgan fingerprint density at radius 3 is 2.62 bits per heavy atom. The third-order valence-electron chi connectivity index (χ3n) is 2.31. The van der Waals surface area contributed by atoms with Gasteiger partial charge >= 0.3 is 12.1 Å². The number of hydrogen-bond acceptors (Lipinski definition) is 4. The monoisotopic (exact) mass is 247 g/mol. The topological polar surface area (TPSA) is 95.9 Å². The van der Waals surface area contributed by atoms with Gasteiger partial charge in [-0.2, -0.15) is 5.01 Å². The van der Waals surface area contributed by atoms with E-state index in [4.69, 9.17) is 11.6 Å². The van der Waals surface area contributed by atoms with Crippen molar-refractivity contribution in [2.24, 2.45) is 11.6 Å². The van der Waals surface area contributed by atoms with E-state index in [0.29, 0.717) is 6.54 Å². The number of hydrazine groups is 2. The summed E-state index contributed by atoms with van der Waals surface area (Å²) in [6.07, 6.45) is 3.48. The van der Waals surface area contributed by atoms with Crippen LogP contribution in [-0.4, -0.2) is 45.4 Å². The van der Waals surface area contributed by atoms with Crippen LogP contribution in [-0.2, 0) is 0 Å². The Morgan fingerprint density at radius 1 is 1.56 bits per heavy atom. The molecule has 1 atom stereocenters. The summed E-state index contributed by atoms with van der Waals surface area (Å²) in [6, 6.07) is -1.07. The Kier molecular flexibility index (Phi) is 4.25. The number of primary amides is 1. The van der Waals surface area contributed by atoms with Crippen molar-refractivity contribution in [1.82, 2.24) is 15.0 Å². The molecule has 0 aromatic heterocycles. The number of rotatable bonds is 4. The highest BCUT2D eigenvalue weighted by Gasteiger charge is 2.44. The Balaban J connectivity index is 2.86. The lowest BCUT2D eigenvalue weighted by Gasteiger charge is -2.27. The highest BCUT2D eigenvalue weighted by Crippen LogP contribution is 2.25. The summed E-state index contributed by atoms with van der Waals surface area (Å²) in [5.74, 6) is 5.60. The summed E-state index contributed by atoms with van der Waals surface area (Å²) in [4.78, 5) is 23.1. The van der Waals surface area contributed by atoms with Crippen molar-refractivity contribution in [3.8, 4) is 0 Å². The fourth-order valence-electron chi connectivity index (χ4n) is 1.51. The minimum Gasteiger partial charge on any atom is -0.350 e. The van der Waals surface area contributed by atoms with Gasteiger partial charge in [0.05, 0.1) is 0 Å². The van der Waals surface area contributed by atoms with E-state index in [2.05, 4.69) is 0 Å². The van der Waals surface area contributed by atoms with E-state index in [1.807, 2.05) is 6.92 Å². The normalized spacial score (nSPS) is 20.8. The molecular weight excluding hydrogens is 230 g/mol. The predicted octanol–water partition coefficient (Wildman–Crippen LogP) is 0.340. The molecule has 0 saturated carbocycles. The smallest absolute Gasteiger partial charge is 0.350 e. The molecule has 1 aliphatic heterocycles. The molecule has 1 saturated heterocycles. The number of nitrogens with zero attached hydrogens (tertiary/aromatic N) is 3. The fraction of sp³-hybridized carbons (Fsp3) is 0.750. The van der Waals surface area contributed by atoms with Crippen molar-refractivity contribution in [2.45, 2.75) is 25.3 Å². The second kappa shape index (κ2) is 5.26. The average Bonchev–Trinajstić information content (AvgIpc) is 2.49. The summed E-state index contributed by atoms with van der Waals surface area (Å²) in [5.41, 5.74) is 4.69. The first-order valence-corrected chi connectivity index (χ1v) is 6.30. The van der Waals surface area contributed by atoms with Crippen LogP contribution in [0.5, 0.6) is 0 Å². The maximum Gasteiger partial charge on any atom is 0.355 e. The number of thioether (sulfide) groups is 1. The molecule has 1 aliphatic rings. The van der Waals surface area contributed by atoms with Crippen LogP contribution in [0.15, 0.2) is 0 Å². The number of urea groups is 2. The SMILES string of the molecule is CCCCN1C(=O)N(N)C(SC)N1C(N)=O. The molecule has 0 spiro atoms. The minimum absolute atomic E-state index is 0.397. The molecule has 0 aromatic rings. The van der Waals surface area contributed by atoms with Crippen LogP contribution in [0.25, 0.3) is 0 Å². The molecule has 4 N–H and O–H groups in total. The van der Waals surface area contributed by atoms with E-state index in [0.717, 1.165) is 17.9 Å². The van der Waals surface area contributed by atoms with E-state index < -0.39 is 17.6 Å². The summed E-state index contributed by atoms with van der Waals surface area (Å²) in [6.45, 7) is 2.45. The predicted molar refractivity (Wildman–Crippen MR) is 61.8 cm³/mol. The van der Waals surface area contributed by atoms with Crippen molar-refractivity contribution < 1.29 is 9.59 Å². The number of unbranched alkanes of at least 4 members (excludes halogenated alkanes) is 1. The number of hydrogen-bond donors (Lipinski definition) is 2. The Hall–Kier alpha value is -1.15. The van der Waals surface area contributed by atoms with Crippen LogP contribution in [0.3, 0.4) is 0 Å². The van der Waals surface area contributed by atoms with E-state index in [1.54, 1.807) is 6.26 Å². The molecule has 1 fully saturated rings. The van der Waals surface area contributed by atoms with Gasteiger partial charge in [0.25, 0.3) is 0 Å². The molecule has 0 bridgehead atoms. The Morgan fingerprint density at radius 2 is 2.19 bits per heavy atom. The van der Waals surface area contributed by atoms with Crippen LogP contribution in [0.4, 0.5) is 9.59 Å². The first kappa shape index (κ1) is 12.9. The first-order chi connectivity index (χ1) is 7.54. The van der Waals surface area contributed by atoms with Crippen molar-refractivity contribution >= 4 is 23.8 Å². The molecule has 4 amide bonds. The summed E-state index contributed by atoms with van der Waals surface area (Å²) in [5, 5.41) is 3.51.